The lowest BCUT2D eigenvalue weighted by Gasteiger charge is -2.10. The van der Waals surface area contributed by atoms with Crippen molar-refractivity contribution in [1.82, 2.24) is 30.0 Å². The number of carbonyl (C=O) groups excluding carboxylic acids is 1. The predicted molar refractivity (Wildman–Crippen MR) is 134 cm³/mol. The molecule has 1 amide bonds. The molecule has 10 nitrogen and oxygen atoms in total. The highest BCUT2D eigenvalue weighted by molar-refractivity contribution is 6.07. The van der Waals surface area contributed by atoms with Gasteiger partial charge in [-0.15, -0.1) is 5.10 Å². The molecule has 0 spiro atoms. The highest BCUT2D eigenvalue weighted by Crippen LogP contribution is 2.34. The molecule has 0 fully saturated rings. The minimum Gasteiger partial charge on any atom is -0.493 e. The van der Waals surface area contributed by atoms with Gasteiger partial charge in [-0.05, 0) is 52.4 Å². The second-order valence-corrected chi connectivity index (χ2v) is 7.90. The van der Waals surface area contributed by atoms with Gasteiger partial charge in [0, 0.05) is 30.1 Å². The summed E-state index contributed by atoms with van der Waals surface area (Å²) in [7, 11) is 4.91. The van der Waals surface area contributed by atoms with Crippen molar-refractivity contribution in [2.45, 2.75) is 0 Å². The van der Waals surface area contributed by atoms with Gasteiger partial charge in [0.2, 0.25) is 0 Å². The molecule has 0 aliphatic heterocycles. The largest absolute Gasteiger partial charge is 0.493 e. The number of para-hydroxylation sites is 1. The molecule has 0 atom stereocenters. The standard InChI is InChI=1S/C26H23N7O3/c1-32-25(28-30-31-32)18-8-7-9-19(14-18)27-26(34)24-21(16-33(29-24)20-10-5-4-6-11-20)17-12-13-22(35-2)23(15-17)36-3/h4-16H,1-3H3,(H,27,34). The van der Waals surface area contributed by atoms with Gasteiger partial charge in [0.05, 0.1) is 19.9 Å². The average Bonchev–Trinajstić information content (AvgIpc) is 3.56. The lowest BCUT2D eigenvalue weighted by molar-refractivity contribution is 0.102. The quantitative estimate of drug-likeness (QED) is 0.374. The van der Waals surface area contributed by atoms with Gasteiger partial charge in [0.15, 0.2) is 23.0 Å². The maximum Gasteiger partial charge on any atom is 0.276 e. The van der Waals surface area contributed by atoms with Crippen molar-refractivity contribution in [3.63, 3.8) is 0 Å². The summed E-state index contributed by atoms with van der Waals surface area (Å²) < 4.78 is 14.1. The van der Waals surface area contributed by atoms with E-state index in [0.29, 0.717) is 28.6 Å². The van der Waals surface area contributed by atoms with E-state index in [1.807, 2.05) is 66.9 Å². The van der Waals surface area contributed by atoms with E-state index in [1.165, 1.54) is 0 Å². The monoisotopic (exact) mass is 481 g/mol. The first-order chi connectivity index (χ1) is 17.6. The molecule has 0 saturated carbocycles. The average molecular weight is 482 g/mol. The second kappa shape index (κ2) is 9.71. The molecule has 36 heavy (non-hydrogen) atoms. The van der Waals surface area contributed by atoms with E-state index < -0.39 is 0 Å². The summed E-state index contributed by atoms with van der Waals surface area (Å²) in [5.41, 5.74) is 3.86. The molecule has 3 aromatic carbocycles. The van der Waals surface area contributed by atoms with Crippen molar-refractivity contribution in [1.29, 1.82) is 0 Å². The number of carbonyl (C=O) groups is 1. The number of hydrogen-bond donors (Lipinski definition) is 1. The van der Waals surface area contributed by atoms with Crippen molar-refractivity contribution >= 4 is 11.6 Å². The first-order valence-electron chi connectivity index (χ1n) is 11.1. The van der Waals surface area contributed by atoms with Crippen molar-refractivity contribution in [2.75, 3.05) is 19.5 Å². The molecule has 0 bridgehead atoms. The van der Waals surface area contributed by atoms with Crippen LogP contribution in [0.5, 0.6) is 11.5 Å². The van der Waals surface area contributed by atoms with Crippen LogP contribution < -0.4 is 14.8 Å². The Balaban J connectivity index is 1.54. The van der Waals surface area contributed by atoms with Gasteiger partial charge in [-0.25, -0.2) is 9.36 Å². The maximum atomic E-state index is 13.5. The van der Waals surface area contributed by atoms with E-state index in [2.05, 4.69) is 25.9 Å². The van der Waals surface area contributed by atoms with Crippen LogP contribution in [-0.4, -0.2) is 50.1 Å². The number of aryl methyl sites for hydroxylation is 1. The molecule has 1 N–H and O–H groups in total. The van der Waals surface area contributed by atoms with E-state index in [0.717, 1.165) is 16.8 Å². The Kier molecular flexibility index (Phi) is 6.14. The van der Waals surface area contributed by atoms with Crippen LogP contribution in [0.2, 0.25) is 0 Å². The Morgan fingerprint density at radius 2 is 1.69 bits per heavy atom. The number of nitrogens with zero attached hydrogens (tertiary/aromatic N) is 6. The van der Waals surface area contributed by atoms with Gasteiger partial charge in [-0.1, -0.05) is 36.4 Å². The summed E-state index contributed by atoms with van der Waals surface area (Å²) in [6.45, 7) is 0. The minimum atomic E-state index is -0.359. The van der Waals surface area contributed by atoms with Crippen LogP contribution in [0.25, 0.3) is 28.2 Å². The molecule has 5 rings (SSSR count). The van der Waals surface area contributed by atoms with Gasteiger partial charge in [0.1, 0.15) is 0 Å². The molecule has 0 saturated heterocycles. The molecule has 10 heteroatoms. The van der Waals surface area contributed by atoms with Crippen LogP contribution in [0, 0.1) is 0 Å². The summed E-state index contributed by atoms with van der Waals surface area (Å²) in [5, 5.41) is 19.2. The van der Waals surface area contributed by atoms with E-state index in [-0.39, 0.29) is 11.6 Å². The summed E-state index contributed by atoms with van der Waals surface area (Å²) in [5.74, 6) is 1.38. The number of anilines is 1. The van der Waals surface area contributed by atoms with E-state index >= 15 is 0 Å². The number of nitrogens with one attached hydrogen (secondary N) is 1. The number of hydrogen-bond acceptors (Lipinski definition) is 7. The molecule has 0 aliphatic rings. The van der Waals surface area contributed by atoms with Crippen molar-refractivity contribution < 1.29 is 14.3 Å². The van der Waals surface area contributed by atoms with Crippen LogP contribution in [0.15, 0.2) is 79.0 Å². The molecule has 0 unspecified atom stereocenters. The lowest BCUT2D eigenvalue weighted by Crippen LogP contribution is -2.14. The zero-order valence-corrected chi connectivity index (χ0v) is 19.9. The SMILES string of the molecule is COc1ccc(-c2cn(-c3ccccc3)nc2C(=O)Nc2cccc(-c3nnnn3C)c2)cc1OC. The first kappa shape index (κ1) is 22.8. The van der Waals surface area contributed by atoms with Crippen LogP contribution in [0.1, 0.15) is 10.5 Å². The summed E-state index contributed by atoms with van der Waals surface area (Å²) in [6, 6.07) is 22.4. The Morgan fingerprint density at radius 1 is 0.889 bits per heavy atom. The number of benzene rings is 3. The van der Waals surface area contributed by atoms with Crippen LogP contribution >= 0.6 is 0 Å². The highest BCUT2D eigenvalue weighted by Gasteiger charge is 2.21. The molecule has 180 valence electrons. The summed E-state index contributed by atoms with van der Waals surface area (Å²) >= 11 is 0. The smallest absolute Gasteiger partial charge is 0.276 e. The zero-order valence-electron chi connectivity index (χ0n) is 19.9. The number of amides is 1. The maximum absolute atomic E-state index is 13.5. The number of aromatic nitrogens is 6. The van der Waals surface area contributed by atoms with E-state index in [1.54, 1.807) is 42.8 Å². The van der Waals surface area contributed by atoms with Gasteiger partial charge < -0.3 is 14.8 Å². The molecule has 5 aromatic rings. The summed E-state index contributed by atoms with van der Waals surface area (Å²) in [4.78, 5) is 13.5. The van der Waals surface area contributed by atoms with Gasteiger partial charge in [-0.2, -0.15) is 5.10 Å². The second-order valence-electron chi connectivity index (χ2n) is 7.90. The Bertz CT molecular complexity index is 1530. The topological polar surface area (TPSA) is 109 Å². The fourth-order valence-electron chi connectivity index (χ4n) is 3.87. The lowest BCUT2D eigenvalue weighted by atomic mass is 10.1. The highest BCUT2D eigenvalue weighted by atomic mass is 16.5. The number of ether oxygens (including phenoxy) is 2. The van der Waals surface area contributed by atoms with Crippen molar-refractivity contribution in [3.05, 3.63) is 84.7 Å². The third-order valence-corrected chi connectivity index (χ3v) is 5.64. The van der Waals surface area contributed by atoms with Crippen LogP contribution in [0.3, 0.4) is 0 Å². The number of methoxy groups -OCH3 is 2. The zero-order chi connectivity index (χ0) is 25.1. The Hall–Kier alpha value is -4.99. The van der Waals surface area contributed by atoms with Gasteiger partial charge in [-0.3, -0.25) is 4.79 Å². The molecule has 2 heterocycles. The van der Waals surface area contributed by atoms with Crippen molar-refractivity contribution in [3.8, 4) is 39.7 Å². The third-order valence-electron chi connectivity index (χ3n) is 5.64. The minimum absolute atomic E-state index is 0.261. The molecule has 0 aliphatic carbocycles. The van der Waals surface area contributed by atoms with Crippen LogP contribution in [-0.2, 0) is 7.05 Å². The Morgan fingerprint density at radius 3 is 2.42 bits per heavy atom. The molecular formula is C26H23N7O3. The number of tetrazole rings is 1. The fraction of sp³-hybridized carbons (Fsp3) is 0.115. The van der Waals surface area contributed by atoms with Gasteiger partial charge >= 0.3 is 0 Å². The number of rotatable bonds is 7. The van der Waals surface area contributed by atoms with E-state index in [4.69, 9.17) is 9.47 Å². The third kappa shape index (κ3) is 4.39. The fourth-order valence-corrected chi connectivity index (χ4v) is 3.87. The summed E-state index contributed by atoms with van der Waals surface area (Å²) in [6.07, 6.45) is 1.83. The Labute approximate surface area is 207 Å². The van der Waals surface area contributed by atoms with Gasteiger partial charge in [0.25, 0.3) is 5.91 Å². The van der Waals surface area contributed by atoms with Crippen molar-refractivity contribution in [2.24, 2.45) is 7.05 Å². The molecule has 0 radical (unpaired) electrons. The first-order valence-corrected chi connectivity index (χ1v) is 11.1. The predicted octanol–water partition coefficient (Wildman–Crippen LogP) is 4.00. The molecule has 2 aromatic heterocycles. The van der Waals surface area contributed by atoms with Crippen LogP contribution in [0.4, 0.5) is 5.69 Å². The molecular weight excluding hydrogens is 458 g/mol. The van der Waals surface area contributed by atoms with E-state index in [9.17, 15) is 4.79 Å². The normalized spacial score (nSPS) is 10.8.